The molecule has 8 heavy (non-hydrogen) atoms. The van der Waals surface area contributed by atoms with Gasteiger partial charge in [0, 0.05) is 0 Å². The summed E-state index contributed by atoms with van der Waals surface area (Å²) in [4.78, 5) is 0. The Bertz CT molecular complexity index is 94.7. The summed E-state index contributed by atoms with van der Waals surface area (Å²) >= 11 is 0. The Kier molecular flexibility index (Phi) is 3.15. The standard InChI is InChI=1S/C6H10O2/c1-3-4-5(2)6(7)8/h3,6-8H,1-2,4H2. The van der Waals surface area contributed by atoms with E-state index in [1.165, 1.54) is 0 Å². The van der Waals surface area contributed by atoms with Crippen LogP contribution in [0.3, 0.4) is 0 Å². The lowest BCUT2D eigenvalue weighted by atomic mass is 10.2. The molecule has 0 aliphatic heterocycles. The molecular weight excluding hydrogens is 104 g/mol. The first-order valence-corrected chi connectivity index (χ1v) is 2.33. The molecule has 0 unspecified atom stereocenters. The van der Waals surface area contributed by atoms with E-state index in [9.17, 15) is 0 Å². The predicted molar refractivity (Wildman–Crippen MR) is 32.2 cm³/mol. The van der Waals surface area contributed by atoms with Crippen molar-refractivity contribution in [2.75, 3.05) is 0 Å². The van der Waals surface area contributed by atoms with E-state index in [-0.39, 0.29) is 0 Å². The van der Waals surface area contributed by atoms with Gasteiger partial charge in [0.15, 0.2) is 6.29 Å². The number of hydrogen-bond acceptors (Lipinski definition) is 2. The van der Waals surface area contributed by atoms with E-state index in [1.54, 1.807) is 6.08 Å². The van der Waals surface area contributed by atoms with Crippen molar-refractivity contribution < 1.29 is 10.2 Å². The summed E-state index contributed by atoms with van der Waals surface area (Å²) < 4.78 is 0. The fraction of sp³-hybridized carbons (Fsp3) is 0.333. The number of rotatable bonds is 3. The molecule has 0 aliphatic carbocycles. The summed E-state index contributed by atoms with van der Waals surface area (Å²) in [6, 6.07) is 0. The van der Waals surface area contributed by atoms with E-state index in [0.717, 1.165) is 0 Å². The van der Waals surface area contributed by atoms with Crippen LogP contribution in [0, 0.1) is 0 Å². The maximum absolute atomic E-state index is 8.36. The number of hydrogen-bond donors (Lipinski definition) is 2. The predicted octanol–water partition coefficient (Wildman–Crippen LogP) is 0.429. The molecule has 0 aromatic carbocycles. The Morgan fingerprint density at radius 3 is 2.25 bits per heavy atom. The Balaban J connectivity index is 3.48. The molecule has 2 heteroatoms. The highest BCUT2D eigenvalue weighted by atomic mass is 16.5. The molecule has 0 amide bonds. The first-order valence-electron chi connectivity index (χ1n) is 2.33. The summed E-state index contributed by atoms with van der Waals surface area (Å²) in [5.41, 5.74) is 0.375. The molecule has 0 heterocycles. The van der Waals surface area contributed by atoms with Gasteiger partial charge in [-0.25, -0.2) is 0 Å². The van der Waals surface area contributed by atoms with Gasteiger partial charge in [-0.15, -0.1) is 6.58 Å². The van der Waals surface area contributed by atoms with Crippen molar-refractivity contribution in [3.63, 3.8) is 0 Å². The van der Waals surface area contributed by atoms with Gasteiger partial charge in [-0.1, -0.05) is 12.7 Å². The molecule has 0 atom stereocenters. The van der Waals surface area contributed by atoms with Crippen LogP contribution in [-0.2, 0) is 0 Å². The van der Waals surface area contributed by atoms with Gasteiger partial charge in [-0.05, 0) is 12.0 Å². The van der Waals surface area contributed by atoms with Crippen molar-refractivity contribution in [3.8, 4) is 0 Å². The SMILES string of the molecule is C=CCC(=C)C(O)O. The van der Waals surface area contributed by atoms with Crippen LogP contribution in [0.4, 0.5) is 0 Å². The highest BCUT2D eigenvalue weighted by molar-refractivity contribution is 5.01. The average molecular weight is 114 g/mol. The van der Waals surface area contributed by atoms with Gasteiger partial charge in [-0.2, -0.15) is 0 Å². The minimum atomic E-state index is -1.40. The van der Waals surface area contributed by atoms with Crippen LogP contribution >= 0.6 is 0 Å². The van der Waals surface area contributed by atoms with Gasteiger partial charge in [0.2, 0.25) is 0 Å². The Morgan fingerprint density at radius 1 is 1.62 bits per heavy atom. The highest BCUT2D eigenvalue weighted by Crippen LogP contribution is 2.00. The largest absolute Gasteiger partial charge is 0.365 e. The van der Waals surface area contributed by atoms with Gasteiger partial charge in [-0.3, -0.25) is 0 Å². The molecule has 2 N–H and O–H groups in total. The molecular formula is C6H10O2. The lowest BCUT2D eigenvalue weighted by molar-refractivity contribution is -0.00874. The molecule has 0 saturated carbocycles. The van der Waals surface area contributed by atoms with Crippen molar-refractivity contribution >= 4 is 0 Å². The molecule has 0 aliphatic rings. The first-order chi connectivity index (χ1) is 3.68. The fourth-order valence-corrected chi connectivity index (χ4v) is 0.291. The normalized spacial score (nSPS) is 9.38. The summed E-state index contributed by atoms with van der Waals surface area (Å²) in [7, 11) is 0. The minimum Gasteiger partial charge on any atom is -0.365 e. The third-order valence-corrected chi connectivity index (χ3v) is 0.772. The van der Waals surface area contributed by atoms with Gasteiger partial charge < -0.3 is 10.2 Å². The quantitative estimate of drug-likeness (QED) is 0.412. The molecule has 2 nitrogen and oxygen atoms in total. The van der Waals surface area contributed by atoms with Crippen LogP contribution in [0.2, 0.25) is 0 Å². The highest BCUT2D eigenvalue weighted by Gasteiger charge is 1.98. The zero-order chi connectivity index (χ0) is 6.57. The maximum Gasteiger partial charge on any atom is 0.174 e. The average Bonchev–Trinajstić information content (AvgIpc) is 1.67. The monoisotopic (exact) mass is 114 g/mol. The molecule has 0 bridgehead atoms. The van der Waals surface area contributed by atoms with Gasteiger partial charge in [0.05, 0.1) is 0 Å². The van der Waals surface area contributed by atoms with Gasteiger partial charge >= 0.3 is 0 Å². The van der Waals surface area contributed by atoms with Crippen LogP contribution in [0.25, 0.3) is 0 Å². The second kappa shape index (κ2) is 3.41. The van der Waals surface area contributed by atoms with Crippen molar-refractivity contribution in [2.45, 2.75) is 12.7 Å². The van der Waals surface area contributed by atoms with Crippen LogP contribution in [0.5, 0.6) is 0 Å². The third kappa shape index (κ3) is 2.55. The van der Waals surface area contributed by atoms with Crippen molar-refractivity contribution in [2.24, 2.45) is 0 Å². The topological polar surface area (TPSA) is 40.5 Å². The smallest absolute Gasteiger partial charge is 0.174 e. The van der Waals surface area contributed by atoms with E-state index in [4.69, 9.17) is 10.2 Å². The molecule has 0 aromatic rings. The van der Waals surface area contributed by atoms with E-state index in [1.807, 2.05) is 0 Å². The summed E-state index contributed by atoms with van der Waals surface area (Å²) in [5.74, 6) is 0. The Hall–Kier alpha value is -0.600. The number of allylic oxidation sites excluding steroid dienone is 1. The van der Waals surface area contributed by atoms with E-state index < -0.39 is 6.29 Å². The lowest BCUT2D eigenvalue weighted by Crippen LogP contribution is -2.05. The third-order valence-electron chi connectivity index (χ3n) is 0.772. The van der Waals surface area contributed by atoms with Crippen LogP contribution in [-0.4, -0.2) is 16.5 Å². The summed E-state index contributed by atoms with van der Waals surface area (Å²) in [5, 5.41) is 16.7. The Labute approximate surface area is 48.8 Å². The molecule has 0 saturated heterocycles. The van der Waals surface area contributed by atoms with Crippen LogP contribution in [0.1, 0.15) is 6.42 Å². The Morgan fingerprint density at radius 2 is 2.12 bits per heavy atom. The molecule has 0 rings (SSSR count). The number of aliphatic hydroxyl groups is 2. The summed E-state index contributed by atoms with van der Waals surface area (Å²) in [6.45, 7) is 6.77. The second-order valence-electron chi connectivity index (χ2n) is 1.52. The molecule has 0 spiro atoms. The van der Waals surface area contributed by atoms with Gasteiger partial charge in [0.1, 0.15) is 0 Å². The van der Waals surface area contributed by atoms with Crippen LogP contribution < -0.4 is 0 Å². The van der Waals surface area contributed by atoms with E-state index in [0.29, 0.717) is 12.0 Å². The zero-order valence-corrected chi connectivity index (χ0v) is 4.67. The maximum atomic E-state index is 8.36. The van der Waals surface area contributed by atoms with Crippen LogP contribution in [0.15, 0.2) is 24.8 Å². The van der Waals surface area contributed by atoms with E-state index >= 15 is 0 Å². The summed E-state index contributed by atoms with van der Waals surface area (Å²) in [6.07, 6.45) is 0.632. The minimum absolute atomic E-state index is 0.375. The van der Waals surface area contributed by atoms with Crippen molar-refractivity contribution in [1.82, 2.24) is 0 Å². The number of aliphatic hydroxyl groups excluding tert-OH is 1. The zero-order valence-electron chi connectivity index (χ0n) is 4.67. The molecule has 0 aromatic heterocycles. The second-order valence-corrected chi connectivity index (χ2v) is 1.52. The molecule has 46 valence electrons. The molecule has 0 radical (unpaired) electrons. The van der Waals surface area contributed by atoms with Gasteiger partial charge in [0.25, 0.3) is 0 Å². The lowest BCUT2D eigenvalue weighted by Gasteiger charge is -2.01. The fourth-order valence-electron chi connectivity index (χ4n) is 0.291. The first kappa shape index (κ1) is 7.40. The molecule has 0 fully saturated rings. The van der Waals surface area contributed by atoms with E-state index in [2.05, 4.69) is 13.2 Å². The van der Waals surface area contributed by atoms with Crippen molar-refractivity contribution in [3.05, 3.63) is 24.8 Å². The van der Waals surface area contributed by atoms with Crippen molar-refractivity contribution in [1.29, 1.82) is 0 Å².